The molecule has 0 fully saturated rings. The number of thiol groups is 1. The van der Waals surface area contributed by atoms with E-state index >= 15 is 0 Å². The van der Waals surface area contributed by atoms with Crippen molar-refractivity contribution < 1.29 is 29.1 Å². The first-order valence-corrected chi connectivity index (χ1v) is 10.6. The van der Waals surface area contributed by atoms with Crippen LogP contribution < -0.4 is 33.2 Å². The number of carboxylic acid groups (broad SMARTS) is 1. The largest absolute Gasteiger partial charge is 0.480 e. The molecule has 4 unspecified atom stereocenters. The number of nitrogens with one attached hydrogen (secondary N) is 3. The van der Waals surface area contributed by atoms with Gasteiger partial charge in [0.2, 0.25) is 23.6 Å². The van der Waals surface area contributed by atoms with Gasteiger partial charge in [0.1, 0.15) is 18.1 Å². The van der Waals surface area contributed by atoms with Crippen LogP contribution in [0.3, 0.4) is 0 Å². The van der Waals surface area contributed by atoms with Crippen molar-refractivity contribution in [3.8, 4) is 0 Å². The van der Waals surface area contributed by atoms with Gasteiger partial charge >= 0.3 is 5.97 Å². The second kappa shape index (κ2) is 14.6. The number of carbonyl (C=O) groups is 5. The zero-order valence-corrected chi connectivity index (χ0v) is 18.7. The smallest absolute Gasteiger partial charge is 0.327 e. The lowest BCUT2D eigenvalue weighted by atomic mass is 10.0. The fraction of sp³-hybridized carbons (Fsp3) is 0.722. The lowest BCUT2D eigenvalue weighted by molar-refractivity contribution is -0.142. The van der Waals surface area contributed by atoms with Crippen LogP contribution in [0.4, 0.5) is 0 Å². The summed E-state index contributed by atoms with van der Waals surface area (Å²) in [7, 11) is 0. The van der Waals surface area contributed by atoms with Crippen LogP contribution in [-0.4, -0.2) is 71.2 Å². The molecule has 13 heteroatoms. The average molecular weight is 463 g/mol. The Balaban J connectivity index is 5.27. The molecule has 178 valence electrons. The number of amides is 4. The Morgan fingerprint density at radius 3 is 1.97 bits per heavy atom. The van der Waals surface area contributed by atoms with E-state index in [1.165, 1.54) is 0 Å². The summed E-state index contributed by atoms with van der Waals surface area (Å²) < 4.78 is 0. The summed E-state index contributed by atoms with van der Waals surface area (Å²) in [6.07, 6.45) is 1.13. The number of aliphatic carboxylic acids is 1. The minimum atomic E-state index is -1.35. The second-order valence-corrected chi connectivity index (χ2v) is 7.80. The molecule has 0 bridgehead atoms. The normalized spacial score (nSPS) is 14.8. The molecular weight excluding hydrogens is 428 g/mol. The zero-order chi connectivity index (χ0) is 24.1. The van der Waals surface area contributed by atoms with Gasteiger partial charge in [0, 0.05) is 5.75 Å². The third-order valence-corrected chi connectivity index (χ3v) is 4.75. The number of carboxylic acids is 1. The van der Waals surface area contributed by atoms with E-state index in [9.17, 15) is 24.0 Å². The number of unbranched alkanes of at least 4 members (excludes halogenated alkanes) is 1. The number of nitrogens with two attached hydrogens (primary N) is 3. The molecule has 0 aromatic carbocycles. The summed E-state index contributed by atoms with van der Waals surface area (Å²) >= 11 is 3.88. The predicted octanol–water partition coefficient (Wildman–Crippen LogP) is -2.56. The molecule has 31 heavy (non-hydrogen) atoms. The number of carbonyl (C=O) groups excluding carboxylic acids is 4. The van der Waals surface area contributed by atoms with Crippen LogP contribution in [0.1, 0.15) is 39.5 Å². The van der Waals surface area contributed by atoms with Gasteiger partial charge in [-0.3, -0.25) is 19.2 Å². The Morgan fingerprint density at radius 1 is 0.935 bits per heavy atom. The zero-order valence-electron chi connectivity index (χ0n) is 17.8. The first-order valence-electron chi connectivity index (χ1n) is 9.93. The second-order valence-electron chi connectivity index (χ2n) is 7.43. The molecule has 4 atom stereocenters. The fourth-order valence-electron chi connectivity index (χ4n) is 2.56. The van der Waals surface area contributed by atoms with Gasteiger partial charge in [-0.25, -0.2) is 4.79 Å². The van der Waals surface area contributed by atoms with Gasteiger partial charge in [-0.05, 0) is 25.3 Å². The molecule has 0 aliphatic rings. The Hall–Kier alpha value is -2.38. The summed E-state index contributed by atoms with van der Waals surface area (Å²) in [6, 6.07) is -4.63. The van der Waals surface area contributed by atoms with Gasteiger partial charge in [-0.2, -0.15) is 12.6 Å². The molecular formula is C18H34N6O6S. The highest BCUT2D eigenvalue weighted by Gasteiger charge is 2.32. The van der Waals surface area contributed by atoms with Gasteiger partial charge in [0.15, 0.2) is 0 Å². The Bertz CT molecular complexity index is 647. The summed E-state index contributed by atoms with van der Waals surface area (Å²) in [5.74, 6) is -4.92. The molecule has 0 radical (unpaired) electrons. The van der Waals surface area contributed by atoms with Crippen molar-refractivity contribution in [1.82, 2.24) is 16.0 Å². The molecule has 0 aliphatic carbocycles. The van der Waals surface area contributed by atoms with Crippen LogP contribution in [0.2, 0.25) is 0 Å². The summed E-state index contributed by atoms with van der Waals surface area (Å²) in [6.45, 7) is 3.72. The monoisotopic (exact) mass is 462 g/mol. The van der Waals surface area contributed by atoms with Crippen LogP contribution in [0.25, 0.3) is 0 Å². The Labute approximate surface area is 186 Å². The molecule has 0 aliphatic heterocycles. The first-order chi connectivity index (χ1) is 14.4. The third-order valence-electron chi connectivity index (χ3n) is 4.39. The standard InChI is InChI=1S/C18H34N6O6S/c1-9(2)14(17(28)23-12(8-31)18(29)30)24-16(27)11(7-13(21)25)22-15(26)10(20)5-3-4-6-19/h9-12,14,31H,3-8,19-20H2,1-2H3,(H2,21,25)(H,22,26)(H,23,28)(H,24,27)(H,29,30). The van der Waals surface area contributed by atoms with Crippen molar-refractivity contribution in [2.75, 3.05) is 12.3 Å². The molecule has 0 aromatic heterocycles. The van der Waals surface area contributed by atoms with Crippen molar-refractivity contribution in [3.63, 3.8) is 0 Å². The molecule has 0 aromatic rings. The molecule has 0 rings (SSSR count). The lowest BCUT2D eigenvalue weighted by Gasteiger charge is -2.26. The van der Waals surface area contributed by atoms with E-state index < -0.39 is 66.1 Å². The van der Waals surface area contributed by atoms with Crippen LogP contribution in [0.15, 0.2) is 0 Å². The molecule has 0 saturated carbocycles. The number of primary amides is 1. The molecule has 0 saturated heterocycles. The molecule has 4 amide bonds. The maximum absolute atomic E-state index is 12.7. The van der Waals surface area contributed by atoms with Crippen molar-refractivity contribution in [2.24, 2.45) is 23.1 Å². The van der Waals surface area contributed by atoms with Crippen molar-refractivity contribution >= 4 is 42.2 Å². The topological polar surface area (TPSA) is 220 Å². The van der Waals surface area contributed by atoms with E-state index in [0.29, 0.717) is 25.8 Å². The number of rotatable bonds is 15. The lowest BCUT2D eigenvalue weighted by Crippen LogP contribution is -2.59. The van der Waals surface area contributed by atoms with Gasteiger partial charge in [-0.15, -0.1) is 0 Å². The van der Waals surface area contributed by atoms with Crippen molar-refractivity contribution in [1.29, 1.82) is 0 Å². The minimum Gasteiger partial charge on any atom is -0.480 e. The van der Waals surface area contributed by atoms with E-state index in [0.717, 1.165) is 0 Å². The quantitative estimate of drug-likeness (QED) is 0.0953. The highest BCUT2D eigenvalue weighted by molar-refractivity contribution is 7.80. The summed E-state index contributed by atoms with van der Waals surface area (Å²) in [5.41, 5.74) is 16.4. The molecule has 0 heterocycles. The van der Waals surface area contributed by atoms with Crippen LogP contribution in [0, 0.1) is 5.92 Å². The Morgan fingerprint density at radius 2 is 1.52 bits per heavy atom. The SMILES string of the molecule is CC(C)C(NC(=O)C(CC(N)=O)NC(=O)C(N)CCCCN)C(=O)NC(CS)C(=O)O. The minimum absolute atomic E-state index is 0.151. The average Bonchev–Trinajstić information content (AvgIpc) is 2.68. The van der Waals surface area contributed by atoms with Crippen LogP contribution in [0.5, 0.6) is 0 Å². The summed E-state index contributed by atoms with van der Waals surface area (Å²) in [4.78, 5) is 60.0. The Kier molecular flexibility index (Phi) is 13.5. The van der Waals surface area contributed by atoms with Crippen molar-refractivity contribution in [3.05, 3.63) is 0 Å². The van der Waals surface area contributed by atoms with E-state index in [1.807, 2.05) is 0 Å². The van der Waals surface area contributed by atoms with Crippen LogP contribution in [-0.2, 0) is 24.0 Å². The highest BCUT2D eigenvalue weighted by atomic mass is 32.1. The predicted molar refractivity (Wildman–Crippen MR) is 117 cm³/mol. The molecule has 12 nitrogen and oxygen atoms in total. The number of hydrogen-bond acceptors (Lipinski definition) is 8. The van der Waals surface area contributed by atoms with E-state index in [4.69, 9.17) is 22.3 Å². The first kappa shape index (κ1) is 28.6. The summed E-state index contributed by atoms with van der Waals surface area (Å²) in [5, 5.41) is 16.2. The van der Waals surface area contributed by atoms with Crippen LogP contribution >= 0.6 is 12.6 Å². The number of hydrogen-bond donors (Lipinski definition) is 8. The van der Waals surface area contributed by atoms with E-state index in [-0.39, 0.29) is 5.75 Å². The maximum Gasteiger partial charge on any atom is 0.327 e. The van der Waals surface area contributed by atoms with E-state index in [1.54, 1.807) is 13.8 Å². The van der Waals surface area contributed by atoms with Crippen molar-refractivity contribution in [2.45, 2.75) is 63.7 Å². The van der Waals surface area contributed by atoms with Gasteiger partial charge in [-0.1, -0.05) is 20.3 Å². The highest BCUT2D eigenvalue weighted by Crippen LogP contribution is 2.06. The van der Waals surface area contributed by atoms with E-state index in [2.05, 4.69) is 28.6 Å². The third kappa shape index (κ3) is 11.0. The van der Waals surface area contributed by atoms with Gasteiger partial charge in [0.25, 0.3) is 0 Å². The molecule has 0 spiro atoms. The van der Waals surface area contributed by atoms with Gasteiger partial charge in [0.05, 0.1) is 12.5 Å². The molecule has 10 N–H and O–H groups in total. The fourth-order valence-corrected chi connectivity index (χ4v) is 2.81. The maximum atomic E-state index is 12.7. The van der Waals surface area contributed by atoms with Gasteiger partial charge < -0.3 is 38.3 Å².